The summed E-state index contributed by atoms with van der Waals surface area (Å²) in [5.41, 5.74) is 1.77. The van der Waals surface area contributed by atoms with Crippen molar-refractivity contribution in [1.29, 1.82) is 0 Å². The molecule has 2 atom stereocenters. The zero-order valence-corrected chi connectivity index (χ0v) is 17.1. The summed E-state index contributed by atoms with van der Waals surface area (Å²) in [5.74, 6) is 0.624. The topological polar surface area (TPSA) is 61.9 Å². The van der Waals surface area contributed by atoms with Gasteiger partial charge in [-0.2, -0.15) is 0 Å². The normalized spacial score (nSPS) is 28.4. The summed E-state index contributed by atoms with van der Waals surface area (Å²) in [7, 11) is 0. The van der Waals surface area contributed by atoms with Crippen LogP contribution in [0.3, 0.4) is 0 Å². The fourth-order valence-corrected chi connectivity index (χ4v) is 5.71. The molecule has 0 aromatic heterocycles. The molecule has 8 heteroatoms. The Labute approximate surface area is 165 Å². The molecule has 26 heavy (non-hydrogen) atoms. The highest BCUT2D eigenvalue weighted by Crippen LogP contribution is 2.47. The standard InChI is InChI=1S/C18H22BrN3O3S/c1-18-5-4-16(23)22(18)15(11-26-18)17(24)20-13-10-12(19)2-3-14(13)21-6-8-25-9-7-21/h2-3,10,15H,4-9,11H2,1H3,(H,20,24). The predicted molar refractivity (Wildman–Crippen MR) is 107 cm³/mol. The number of carbonyl (C=O) groups excluding carboxylic acids is 2. The minimum absolute atomic E-state index is 0.0836. The summed E-state index contributed by atoms with van der Waals surface area (Å²) in [6.45, 7) is 5.03. The predicted octanol–water partition coefficient (Wildman–Crippen LogP) is 2.68. The molecule has 140 valence electrons. The van der Waals surface area contributed by atoms with E-state index in [1.165, 1.54) is 0 Å². The lowest BCUT2D eigenvalue weighted by molar-refractivity contribution is -0.135. The molecule has 0 saturated carbocycles. The number of anilines is 2. The molecular formula is C18H22BrN3O3S. The molecule has 0 radical (unpaired) electrons. The number of thioether (sulfide) groups is 1. The van der Waals surface area contributed by atoms with E-state index in [0.717, 1.165) is 35.4 Å². The largest absolute Gasteiger partial charge is 0.378 e. The Kier molecular flexibility index (Phi) is 4.92. The van der Waals surface area contributed by atoms with Gasteiger partial charge in [-0.05, 0) is 31.5 Å². The number of benzene rings is 1. The number of carbonyl (C=O) groups is 2. The van der Waals surface area contributed by atoms with Crippen LogP contribution >= 0.6 is 27.7 Å². The average Bonchev–Trinajstić information content (AvgIpc) is 3.12. The second kappa shape index (κ2) is 7.05. The summed E-state index contributed by atoms with van der Waals surface area (Å²) in [5, 5.41) is 3.08. The van der Waals surface area contributed by atoms with Crippen LogP contribution in [0.5, 0.6) is 0 Å². The zero-order chi connectivity index (χ0) is 18.3. The Hall–Kier alpha value is -1.25. The van der Waals surface area contributed by atoms with E-state index in [-0.39, 0.29) is 16.7 Å². The fourth-order valence-electron chi connectivity index (χ4n) is 3.92. The SMILES string of the molecule is CC12CCC(=O)N1C(C(=O)Nc1cc(Br)ccc1N1CCOCC1)CS2. The third-order valence-corrected chi connectivity index (χ3v) is 7.31. The minimum Gasteiger partial charge on any atom is -0.378 e. The number of morpholine rings is 1. The molecule has 4 rings (SSSR count). The van der Waals surface area contributed by atoms with Crippen LogP contribution in [0.25, 0.3) is 0 Å². The third-order valence-electron chi connectivity index (χ3n) is 5.32. The van der Waals surface area contributed by atoms with Crippen LogP contribution in [-0.4, -0.2) is 59.7 Å². The molecule has 2 unspecified atom stereocenters. The summed E-state index contributed by atoms with van der Waals surface area (Å²) in [6.07, 6.45) is 1.35. The van der Waals surface area contributed by atoms with Crippen molar-refractivity contribution in [2.75, 3.05) is 42.3 Å². The van der Waals surface area contributed by atoms with Crippen LogP contribution in [0.2, 0.25) is 0 Å². The maximum absolute atomic E-state index is 13.0. The van der Waals surface area contributed by atoms with E-state index >= 15 is 0 Å². The van der Waals surface area contributed by atoms with Gasteiger partial charge < -0.3 is 19.9 Å². The zero-order valence-electron chi connectivity index (χ0n) is 14.7. The first-order valence-electron chi connectivity index (χ1n) is 8.87. The van der Waals surface area contributed by atoms with Crippen molar-refractivity contribution < 1.29 is 14.3 Å². The van der Waals surface area contributed by atoms with Gasteiger partial charge in [0.05, 0.1) is 29.5 Å². The van der Waals surface area contributed by atoms with Gasteiger partial charge in [-0.1, -0.05) is 15.9 Å². The molecule has 3 fully saturated rings. The fraction of sp³-hybridized carbons (Fsp3) is 0.556. The van der Waals surface area contributed by atoms with E-state index in [1.54, 1.807) is 16.7 Å². The van der Waals surface area contributed by atoms with Crippen molar-refractivity contribution >= 4 is 50.9 Å². The van der Waals surface area contributed by atoms with Gasteiger partial charge in [-0.3, -0.25) is 9.59 Å². The van der Waals surface area contributed by atoms with E-state index in [4.69, 9.17) is 4.74 Å². The number of rotatable bonds is 3. The Bertz CT molecular complexity index is 740. The molecule has 3 aliphatic heterocycles. The van der Waals surface area contributed by atoms with Gasteiger partial charge >= 0.3 is 0 Å². The third kappa shape index (κ3) is 3.23. The van der Waals surface area contributed by atoms with Gasteiger partial charge in [0.15, 0.2) is 0 Å². The lowest BCUT2D eigenvalue weighted by Crippen LogP contribution is -2.48. The van der Waals surface area contributed by atoms with Crippen molar-refractivity contribution in [1.82, 2.24) is 4.90 Å². The maximum Gasteiger partial charge on any atom is 0.248 e. The molecule has 1 aromatic carbocycles. The lowest BCUT2D eigenvalue weighted by Gasteiger charge is -2.32. The lowest BCUT2D eigenvalue weighted by atomic mass is 10.2. The molecular weight excluding hydrogens is 418 g/mol. The number of halogens is 1. The molecule has 0 aliphatic carbocycles. The van der Waals surface area contributed by atoms with E-state index in [9.17, 15) is 9.59 Å². The first kappa shape index (κ1) is 18.1. The minimum atomic E-state index is -0.406. The first-order valence-corrected chi connectivity index (χ1v) is 10.6. The van der Waals surface area contributed by atoms with Gasteiger partial charge in [-0.25, -0.2) is 0 Å². The van der Waals surface area contributed by atoms with Crippen molar-refractivity contribution in [3.63, 3.8) is 0 Å². The number of nitrogens with zero attached hydrogens (tertiary/aromatic N) is 2. The molecule has 2 amide bonds. The molecule has 3 saturated heterocycles. The van der Waals surface area contributed by atoms with E-state index in [2.05, 4.69) is 33.1 Å². The van der Waals surface area contributed by atoms with Gasteiger partial charge in [0.2, 0.25) is 11.8 Å². The number of ether oxygens (including phenoxy) is 1. The summed E-state index contributed by atoms with van der Waals surface area (Å²) in [6, 6.07) is 5.51. The van der Waals surface area contributed by atoms with E-state index in [0.29, 0.717) is 25.4 Å². The van der Waals surface area contributed by atoms with Crippen molar-refractivity contribution in [3.8, 4) is 0 Å². The van der Waals surface area contributed by atoms with E-state index in [1.807, 2.05) is 18.2 Å². The number of hydrogen-bond donors (Lipinski definition) is 1. The Balaban J connectivity index is 1.56. The van der Waals surface area contributed by atoms with Crippen LogP contribution in [-0.2, 0) is 14.3 Å². The number of hydrogen-bond acceptors (Lipinski definition) is 5. The smallest absolute Gasteiger partial charge is 0.248 e. The van der Waals surface area contributed by atoms with Crippen LogP contribution in [0.15, 0.2) is 22.7 Å². The quantitative estimate of drug-likeness (QED) is 0.784. The Morgan fingerprint density at radius 1 is 1.38 bits per heavy atom. The average molecular weight is 440 g/mol. The second-order valence-corrected chi connectivity index (χ2v) is 9.43. The first-order chi connectivity index (χ1) is 12.5. The summed E-state index contributed by atoms with van der Waals surface area (Å²) >= 11 is 5.20. The van der Waals surface area contributed by atoms with Gasteiger partial charge in [0, 0.05) is 29.7 Å². The maximum atomic E-state index is 13.0. The van der Waals surface area contributed by atoms with Gasteiger partial charge in [0.1, 0.15) is 6.04 Å². The molecule has 6 nitrogen and oxygen atoms in total. The van der Waals surface area contributed by atoms with Crippen LogP contribution in [0.4, 0.5) is 11.4 Å². The number of nitrogens with one attached hydrogen (secondary N) is 1. The van der Waals surface area contributed by atoms with Crippen molar-refractivity contribution in [3.05, 3.63) is 22.7 Å². The van der Waals surface area contributed by atoms with E-state index < -0.39 is 6.04 Å². The highest BCUT2D eigenvalue weighted by atomic mass is 79.9. The number of fused-ring (bicyclic) bond motifs is 1. The Morgan fingerprint density at radius 3 is 2.92 bits per heavy atom. The van der Waals surface area contributed by atoms with Gasteiger partial charge in [0.25, 0.3) is 0 Å². The highest BCUT2D eigenvalue weighted by Gasteiger charge is 2.52. The highest BCUT2D eigenvalue weighted by molar-refractivity contribution is 9.10. The monoisotopic (exact) mass is 439 g/mol. The summed E-state index contributed by atoms with van der Waals surface area (Å²) < 4.78 is 6.34. The second-order valence-electron chi connectivity index (χ2n) is 7.02. The van der Waals surface area contributed by atoms with Crippen LogP contribution in [0.1, 0.15) is 19.8 Å². The number of amides is 2. The van der Waals surface area contributed by atoms with Gasteiger partial charge in [-0.15, -0.1) is 11.8 Å². The molecule has 1 aromatic rings. The molecule has 3 aliphatic rings. The molecule has 3 heterocycles. The van der Waals surface area contributed by atoms with Crippen molar-refractivity contribution in [2.24, 2.45) is 0 Å². The molecule has 0 spiro atoms. The van der Waals surface area contributed by atoms with Crippen LogP contribution < -0.4 is 10.2 Å². The van der Waals surface area contributed by atoms with Crippen LogP contribution in [0, 0.1) is 0 Å². The van der Waals surface area contributed by atoms with Crippen molar-refractivity contribution in [2.45, 2.75) is 30.7 Å². The molecule has 1 N–H and O–H groups in total. The Morgan fingerprint density at radius 2 is 2.15 bits per heavy atom. The molecule has 0 bridgehead atoms. The summed E-state index contributed by atoms with van der Waals surface area (Å²) in [4.78, 5) is 29.1.